The van der Waals surface area contributed by atoms with Gasteiger partial charge in [-0.25, -0.2) is 0 Å². The van der Waals surface area contributed by atoms with Crippen LogP contribution in [0.15, 0.2) is 65.8 Å². The van der Waals surface area contributed by atoms with E-state index >= 15 is 0 Å². The molecule has 3 aromatic rings. The summed E-state index contributed by atoms with van der Waals surface area (Å²) in [6.07, 6.45) is 3.02. The van der Waals surface area contributed by atoms with Gasteiger partial charge in [0.15, 0.2) is 5.17 Å². The van der Waals surface area contributed by atoms with Crippen LogP contribution in [0.2, 0.25) is 0 Å². The van der Waals surface area contributed by atoms with Crippen LogP contribution in [-0.2, 0) is 0 Å². The van der Waals surface area contributed by atoms with Crippen molar-refractivity contribution in [2.24, 2.45) is 4.99 Å². The van der Waals surface area contributed by atoms with E-state index in [9.17, 15) is 0 Å². The fraction of sp³-hybridized carbons (Fsp3) is 0.333. The van der Waals surface area contributed by atoms with Crippen LogP contribution in [0.5, 0.6) is 0 Å². The van der Waals surface area contributed by atoms with Gasteiger partial charge in [-0.1, -0.05) is 43.0 Å². The number of aromatic nitrogens is 2. The number of hydrogen-bond donors (Lipinski definition) is 0. The van der Waals surface area contributed by atoms with Crippen LogP contribution < -0.4 is 0 Å². The van der Waals surface area contributed by atoms with Gasteiger partial charge in [0, 0.05) is 35.1 Å². The number of rotatable bonds is 4. The average Bonchev–Trinajstić information content (AvgIpc) is 3.40. The number of aliphatic imine (C=N–C) groups is 1. The summed E-state index contributed by atoms with van der Waals surface area (Å²) in [6.45, 7) is 6.73. The van der Waals surface area contributed by atoms with E-state index in [0.29, 0.717) is 6.04 Å². The van der Waals surface area contributed by atoms with Crippen molar-refractivity contribution < 1.29 is 0 Å². The largest absolute Gasteiger partial charge is 0.338 e. The zero-order valence-electron chi connectivity index (χ0n) is 17.1. The SMILES string of the molecule is CC[C@@H]1CSC2=N[C@H](c3ccccn3)[C@@H](c3cc(C)n(-c4ccccc4)c3C)N21. The minimum Gasteiger partial charge on any atom is -0.338 e. The van der Waals surface area contributed by atoms with Gasteiger partial charge in [-0.05, 0) is 56.2 Å². The van der Waals surface area contributed by atoms with Crippen molar-refractivity contribution in [2.75, 3.05) is 5.75 Å². The summed E-state index contributed by atoms with van der Waals surface area (Å²) >= 11 is 1.90. The third-order valence-corrected chi connectivity index (χ3v) is 7.26. The van der Waals surface area contributed by atoms with Gasteiger partial charge in [0.2, 0.25) is 0 Å². The number of hydrogen-bond acceptors (Lipinski definition) is 4. The Labute approximate surface area is 176 Å². The maximum atomic E-state index is 5.16. The maximum absolute atomic E-state index is 5.16. The number of nitrogens with zero attached hydrogens (tertiary/aromatic N) is 4. The van der Waals surface area contributed by atoms with Crippen molar-refractivity contribution >= 4 is 16.9 Å². The second-order valence-electron chi connectivity index (χ2n) is 7.83. The van der Waals surface area contributed by atoms with Crippen molar-refractivity contribution in [2.45, 2.75) is 45.3 Å². The topological polar surface area (TPSA) is 33.4 Å². The van der Waals surface area contributed by atoms with Crippen molar-refractivity contribution in [1.82, 2.24) is 14.5 Å². The lowest BCUT2D eigenvalue weighted by molar-refractivity contribution is 0.254. The van der Waals surface area contributed by atoms with E-state index in [4.69, 9.17) is 4.99 Å². The lowest BCUT2D eigenvalue weighted by Gasteiger charge is -2.32. The molecule has 4 heterocycles. The number of para-hydroxylation sites is 1. The Kier molecular flexibility index (Phi) is 4.70. The van der Waals surface area contributed by atoms with Crippen molar-refractivity contribution in [3.63, 3.8) is 0 Å². The predicted molar refractivity (Wildman–Crippen MR) is 121 cm³/mol. The minimum absolute atomic E-state index is 0.0396. The monoisotopic (exact) mass is 402 g/mol. The van der Waals surface area contributed by atoms with Crippen molar-refractivity contribution in [3.8, 4) is 5.69 Å². The average molecular weight is 403 g/mol. The van der Waals surface area contributed by atoms with Gasteiger partial charge in [-0.3, -0.25) is 9.98 Å². The Bertz CT molecular complexity index is 1040. The molecule has 2 aliphatic rings. The Morgan fingerprint density at radius 2 is 1.86 bits per heavy atom. The maximum Gasteiger partial charge on any atom is 0.160 e. The smallest absolute Gasteiger partial charge is 0.160 e. The third kappa shape index (κ3) is 2.99. The highest BCUT2D eigenvalue weighted by molar-refractivity contribution is 8.14. The fourth-order valence-electron chi connectivity index (χ4n) is 4.75. The molecule has 0 bridgehead atoms. The molecule has 1 aromatic carbocycles. The van der Waals surface area contributed by atoms with E-state index in [-0.39, 0.29) is 12.1 Å². The molecule has 5 rings (SSSR count). The van der Waals surface area contributed by atoms with E-state index in [1.54, 1.807) is 0 Å². The summed E-state index contributed by atoms with van der Waals surface area (Å²) in [5.74, 6) is 1.12. The van der Waals surface area contributed by atoms with Crippen molar-refractivity contribution in [3.05, 3.63) is 83.4 Å². The molecule has 0 saturated carbocycles. The van der Waals surface area contributed by atoms with E-state index in [1.807, 2.05) is 24.0 Å². The molecular weight excluding hydrogens is 376 g/mol. The molecule has 0 unspecified atom stereocenters. The molecule has 2 aromatic heterocycles. The summed E-state index contributed by atoms with van der Waals surface area (Å²) in [5.41, 5.74) is 6.19. The zero-order valence-corrected chi connectivity index (χ0v) is 17.9. The first kappa shape index (κ1) is 18.5. The second kappa shape index (κ2) is 7.38. The molecular formula is C24H26N4S. The number of fused-ring (bicyclic) bond motifs is 1. The van der Waals surface area contributed by atoms with E-state index in [1.165, 1.54) is 27.8 Å². The summed E-state index contributed by atoms with van der Waals surface area (Å²) in [7, 11) is 0. The van der Waals surface area contributed by atoms with Crippen LogP contribution in [0.1, 0.15) is 48.1 Å². The predicted octanol–water partition coefficient (Wildman–Crippen LogP) is 5.47. The van der Waals surface area contributed by atoms with Gasteiger partial charge >= 0.3 is 0 Å². The lowest BCUT2D eigenvalue weighted by Crippen LogP contribution is -2.35. The van der Waals surface area contributed by atoms with Crippen LogP contribution in [0, 0.1) is 13.8 Å². The molecule has 148 valence electrons. The van der Waals surface area contributed by atoms with Gasteiger partial charge in [0.05, 0.1) is 11.7 Å². The quantitative estimate of drug-likeness (QED) is 0.580. The summed E-state index contributed by atoms with van der Waals surface area (Å²) in [5, 5.41) is 1.18. The third-order valence-electron chi connectivity index (χ3n) is 6.13. The van der Waals surface area contributed by atoms with Crippen LogP contribution >= 0.6 is 11.8 Å². The van der Waals surface area contributed by atoms with Gasteiger partial charge in [0.1, 0.15) is 6.04 Å². The molecule has 1 fully saturated rings. The molecule has 5 heteroatoms. The van der Waals surface area contributed by atoms with E-state index < -0.39 is 0 Å². The Hall–Kier alpha value is -2.53. The number of amidine groups is 1. The van der Waals surface area contributed by atoms with Crippen LogP contribution in [0.25, 0.3) is 5.69 Å². The summed E-state index contributed by atoms with van der Waals surface area (Å²) in [4.78, 5) is 12.4. The zero-order chi connectivity index (χ0) is 20.0. The van der Waals surface area contributed by atoms with Crippen LogP contribution in [0.3, 0.4) is 0 Å². The molecule has 29 heavy (non-hydrogen) atoms. The molecule has 1 saturated heterocycles. The Balaban J connectivity index is 1.64. The first-order valence-electron chi connectivity index (χ1n) is 10.3. The minimum atomic E-state index is 0.0396. The standard InChI is InChI=1S/C24H26N4S/c1-4-18-15-29-24-26-22(21-12-8-9-13-25-21)23(28(18)24)20-14-16(2)27(17(20)3)19-10-6-5-7-11-19/h5-14,18,22-23H,4,15H2,1-3H3/t18-,22-,23-/m1/s1. The number of pyridine rings is 1. The van der Waals surface area contributed by atoms with Gasteiger partial charge in [-0.15, -0.1) is 0 Å². The highest BCUT2D eigenvalue weighted by Gasteiger charge is 2.46. The van der Waals surface area contributed by atoms with Crippen LogP contribution in [-0.4, -0.2) is 31.4 Å². The highest BCUT2D eigenvalue weighted by Crippen LogP contribution is 2.49. The second-order valence-corrected chi connectivity index (χ2v) is 8.82. The molecule has 0 amide bonds. The number of aryl methyl sites for hydroxylation is 1. The molecule has 0 aliphatic carbocycles. The van der Waals surface area contributed by atoms with E-state index in [0.717, 1.165) is 17.9 Å². The molecule has 0 radical (unpaired) electrons. The van der Waals surface area contributed by atoms with E-state index in [2.05, 4.69) is 83.8 Å². The van der Waals surface area contributed by atoms with Gasteiger partial charge in [0.25, 0.3) is 0 Å². The Morgan fingerprint density at radius 3 is 2.59 bits per heavy atom. The fourth-order valence-corrected chi connectivity index (χ4v) is 6.09. The van der Waals surface area contributed by atoms with Gasteiger partial charge < -0.3 is 9.47 Å². The molecule has 0 spiro atoms. The highest BCUT2D eigenvalue weighted by atomic mass is 32.2. The van der Waals surface area contributed by atoms with Crippen LogP contribution in [0.4, 0.5) is 0 Å². The number of thioether (sulfide) groups is 1. The molecule has 4 nitrogen and oxygen atoms in total. The lowest BCUT2D eigenvalue weighted by atomic mass is 9.95. The molecule has 3 atom stereocenters. The summed E-state index contributed by atoms with van der Waals surface area (Å²) in [6, 6.07) is 19.9. The summed E-state index contributed by atoms with van der Waals surface area (Å²) < 4.78 is 2.37. The Morgan fingerprint density at radius 1 is 1.07 bits per heavy atom. The first-order chi connectivity index (χ1) is 14.2. The first-order valence-corrected chi connectivity index (χ1v) is 11.3. The van der Waals surface area contributed by atoms with Gasteiger partial charge in [-0.2, -0.15) is 0 Å². The molecule has 0 N–H and O–H groups in total. The molecule has 2 aliphatic heterocycles. The number of benzene rings is 1. The van der Waals surface area contributed by atoms with Crippen molar-refractivity contribution in [1.29, 1.82) is 0 Å². The normalized spacial score (nSPS) is 23.3.